The monoisotopic (exact) mass is 397 g/mol. The first-order valence-corrected chi connectivity index (χ1v) is 8.86. The third-order valence-electron chi connectivity index (χ3n) is 4.48. The second-order valence-corrected chi connectivity index (χ2v) is 6.84. The molecule has 0 aliphatic carbocycles. The van der Waals surface area contributed by atoms with Gasteiger partial charge in [0.05, 0.1) is 16.3 Å². The Morgan fingerprint density at radius 3 is 2.26 bits per heavy atom. The van der Waals surface area contributed by atoms with E-state index < -0.39 is 11.7 Å². The summed E-state index contributed by atoms with van der Waals surface area (Å²) in [6.07, 6.45) is -4.42. The van der Waals surface area contributed by atoms with Crippen molar-refractivity contribution in [2.75, 3.05) is 36.4 Å². The minimum Gasteiger partial charge on any atom is -0.367 e. The number of alkyl halides is 3. The van der Waals surface area contributed by atoms with Crippen molar-refractivity contribution in [1.82, 2.24) is 4.90 Å². The Labute approximate surface area is 160 Å². The summed E-state index contributed by atoms with van der Waals surface area (Å²) in [5.74, 6) is 0. The summed E-state index contributed by atoms with van der Waals surface area (Å²) in [6.45, 7) is 3.56. The topological polar surface area (TPSA) is 35.6 Å². The molecule has 1 aliphatic heterocycles. The van der Waals surface area contributed by atoms with E-state index in [-0.39, 0.29) is 11.1 Å². The van der Waals surface area contributed by atoms with Crippen LogP contribution < -0.4 is 10.2 Å². The zero-order valence-electron chi connectivity index (χ0n) is 14.7. The van der Waals surface area contributed by atoms with Crippen molar-refractivity contribution in [2.45, 2.75) is 13.1 Å². The van der Waals surface area contributed by atoms with Gasteiger partial charge in [-0.1, -0.05) is 29.3 Å². The molecule has 8 heteroatoms. The Morgan fingerprint density at radius 1 is 1.04 bits per heavy atom. The highest BCUT2D eigenvalue weighted by atomic mass is 35.5. The van der Waals surface area contributed by atoms with Gasteiger partial charge < -0.3 is 15.1 Å². The Hall–Kier alpha value is -2.41. The molecule has 0 unspecified atom stereocenters. The number of nitrogens with one attached hydrogen (secondary N) is 1. The van der Waals surface area contributed by atoms with E-state index in [1.807, 2.05) is 31.2 Å². The molecule has 1 heterocycles. The van der Waals surface area contributed by atoms with Gasteiger partial charge in [-0.25, -0.2) is 4.79 Å². The van der Waals surface area contributed by atoms with Gasteiger partial charge in [-0.15, -0.1) is 0 Å². The zero-order chi connectivity index (χ0) is 19.6. The summed E-state index contributed by atoms with van der Waals surface area (Å²) in [5, 5.41) is 3.09. The van der Waals surface area contributed by atoms with Gasteiger partial charge in [-0.2, -0.15) is 13.2 Å². The summed E-state index contributed by atoms with van der Waals surface area (Å²) in [5.41, 5.74) is 1.40. The number of benzene rings is 2. The predicted octanol–water partition coefficient (Wildman–Crippen LogP) is 5.02. The highest BCUT2D eigenvalue weighted by Gasteiger charge is 2.32. The second-order valence-electron chi connectivity index (χ2n) is 6.43. The van der Waals surface area contributed by atoms with Crippen LogP contribution in [-0.2, 0) is 6.18 Å². The first-order valence-electron chi connectivity index (χ1n) is 8.48. The van der Waals surface area contributed by atoms with Gasteiger partial charge in [0.25, 0.3) is 0 Å². The van der Waals surface area contributed by atoms with Crippen LogP contribution >= 0.6 is 11.6 Å². The number of hydrogen-bond acceptors (Lipinski definition) is 2. The third kappa shape index (κ3) is 4.66. The van der Waals surface area contributed by atoms with Crippen LogP contribution in [0.4, 0.5) is 29.3 Å². The third-order valence-corrected chi connectivity index (χ3v) is 4.80. The smallest absolute Gasteiger partial charge is 0.367 e. The molecule has 1 aliphatic rings. The molecule has 0 atom stereocenters. The Kier molecular flexibility index (Phi) is 5.51. The highest BCUT2D eigenvalue weighted by molar-refractivity contribution is 6.33. The molecule has 0 saturated carbocycles. The number of amides is 2. The van der Waals surface area contributed by atoms with Crippen molar-refractivity contribution in [1.29, 1.82) is 0 Å². The van der Waals surface area contributed by atoms with Crippen LogP contribution in [0.25, 0.3) is 0 Å². The van der Waals surface area contributed by atoms with E-state index in [4.69, 9.17) is 11.6 Å². The number of urea groups is 1. The van der Waals surface area contributed by atoms with Gasteiger partial charge in [0, 0.05) is 31.9 Å². The van der Waals surface area contributed by atoms with Crippen LogP contribution in [-0.4, -0.2) is 37.1 Å². The van der Waals surface area contributed by atoms with Gasteiger partial charge in [-0.3, -0.25) is 0 Å². The van der Waals surface area contributed by atoms with Crippen molar-refractivity contribution < 1.29 is 18.0 Å². The van der Waals surface area contributed by atoms with Gasteiger partial charge in [0.2, 0.25) is 0 Å². The van der Waals surface area contributed by atoms with E-state index in [1.54, 1.807) is 9.80 Å². The van der Waals surface area contributed by atoms with Crippen molar-refractivity contribution in [3.8, 4) is 0 Å². The normalized spacial score (nSPS) is 15.0. The maximum atomic E-state index is 12.9. The minimum atomic E-state index is -4.42. The Balaban J connectivity index is 1.63. The predicted molar refractivity (Wildman–Crippen MR) is 100 cm³/mol. The number of aryl methyl sites for hydroxylation is 1. The molecule has 144 valence electrons. The zero-order valence-corrected chi connectivity index (χ0v) is 15.4. The number of nitrogens with zero attached hydrogens (tertiary/aromatic N) is 2. The second kappa shape index (κ2) is 7.68. The largest absolute Gasteiger partial charge is 0.416 e. The van der Waals surface area contributed by atoms with Gasteiger partial charge >= 0.3 is 12.2 Å². The summed E-state index contributed by atoms with van der Waals surface area (Å²) in [4.78, 5) is 15.8. The molecule has 4 nitrogen and oxygen atoms in total. The lowest BCUT2D eigenvalue weighted by Gasteiger charge is -2.36. The van der Waals surface area contributed by atoms with E-state index in [0.29, 0.717) is 37.6 Å². The Morgan fingerprint density at radius 2 is 1.67 bits per heavy atom. The molecule has 1 fully saturated rings. The molecule has 0 bridgehead atoms. The average Bonchev–Trinajstić information content (AvgIpc) is 2.63. The van der Waals surface area contributed by atoms with Crippen LogP contribution in [0.2, 0.25) is 5.02 Å². The Bertz CT molecular complexity index is 816. The molecule has 1 N–H and O–H groups in total. The van der Waals surface area contributed by atoms with Crippen molar-refractivity contribution in [3.63, 3.8) is 0 Å². The lowest BCUT2D eigenvalue weighted by Crippen LogP contribution is -2.50. The fraction of sp³-hybridized carbons (Fsp3) is 0.316. The summed E-state index contributed by atoms with van der Waals surface area (Å²) in [7, 11) is 0. The molecule has 2 aromatic rings. The number of hydrogen-bond donors (Lipinski definition) is 1. The first-order chi connectivity index (χ1) is 12.7. The minimum absolute atomic E-state index is 0.228. The lowest BCUT2D eigenvalue weighted by atomic mass is 10.1. The molecule has 0 spiro atoms. The summed E-state index contributed by atoms with van der Waals surface area (Å²) in [6, 6.07) is 10.5. The number of piperazine rings is 1. The van der Waals surface area contributed by atoms with Crippen molar-refractivity contribution >= 4 is 29.0 Å². The first kappa shape index (κ1) is 19.4. The standard InChI is InChI=1S/C19H19ClF3N3O/c1-13-2-5-15(6-3-13)24-18(27)26-10-8-25(9-11-26)17-12-14(19(21,22)23)4-7-16(17)20/h2-7,12H,8-11H2,1H3,(H,24,27). The van der Waals surface area contributed by atoms with E-state index in [0.717, 1.165) is 17.7 Å². The fourth-order valence-electron chi connectivity index (χ4n) is 2.92. The molecule has 2 amide bonds. The molecule has 0 aromatic heterocycles. The molecular weight excluding hydrogens is 379 g/mol. The molecule has 0 radical (unpaired) electrons. The molecule has 2 aromatic carbocycles. The number of anilines is 2. The van der Waals surface area contributed by atoms with Crippen LogP contribution in [0.3, 0.4) is 0 Å². The van der Waals surface area contributed by atoms with Gasteiger partial charge in [-0.05, 0) is 37.3 Å². The molecule has 3 rings (SSSR count). The molecular formula is C19H19ClF3N3O. The molecule has 27 heavy (non-hydrogen) atoms. The number of halogens is 4. The SMILES string of the molecule is Cc1ccc(NC(=O)N2CCN(c3cc(C(F)(F)F)ccc3Cl)CC2)cc1. The number of rotatable bonds is 2. The average molecular weight is 398 g/mol. The summed E-state index contributed by atoms with van der Waals surface area (Å²) >= 11 is 6.10. The lowest BCUT2D eigenvalue weighted by molar-refractivity contribution is -0.137. The van der Waals surface area contributed by atoms with E-state index in [9.17, 15) is 18.0 Å². The van der Waals surface area contributed by atoms with Crippen LogP contribution in [0.5, 0.6) is 0 Å². The maximum absolute atomic E-state index is 12.9. The van der Waals surface area contributed by atoms with Crippen LogP contribution in [0, 0.1) is 6.92 Å². The van der Waals surface area contributed by atoms with E-state index in [2.05, 4.69) is 5.32 Å². The quantitative estimate of drug-likeness (QED) is 0.772. The van der Waals surface area contributed by atoms with Crippen LogP contribution in [0.1, 0.15) is 11.1 Å². The number of carbonyl (C=O) groups excluding carboxylic acids is 1. The fourth-order valence-corrected chi connectivity index (χ4v) is 3.16. The maximum Gasteiger partial charge on any atom is 0.416 e. The van der Waals surface area contributed by atoms with Crippen molar-refractivity contribution in [3.05, 3.63) is 58.6 Å². The molecule has 1 saturated heterocycles. The van der Waals surface area contributed by atoms with E-state index in [1.165, 1.54) is 6.07 Å². The highest BCUT2D eigenvalue weighted by Crippen LogP contribution is 2.35. The van der Waals surface area contributed by atoms with Crippen LogP contribution in [0.15, 0.2) is 42.5 Å². The van der Waals surface area contributed by atoms with Gasteiger partial charge in [0.1, 0.15) is 0 Å². The van der Waals surface area contributed by atoms with Gasteiger partial charge in [0.15, 0.2) is 0 Å². The number of carbonyl (C=O) groups is 1. The summed E-state index contributed by atoms with van der Waals surface area (Å²) < 4.78 is 38.8. The van der Waals surface area contributed by atoms with E-state index >= 15 is 0 Å². The van der Waals surface area contributed by atoms with Crippen molar-refractivity contribution in [2.24, 2.45) is 0 Å².